The fraction of sp³-hybridized carbons (Fsp3) is 0.889. The molecule has 0 aromatic rings. The van der Waals surface area contributed by atoms with Gasteiger partial charge in [0.1, 0.15) is 12.2 Å². The minimum Gasteiger partial charge on any atom is -0.457 e. The minimum atomic E-state index is -1.50. The number of hydrogen-bond acceptors (Lipinski definition) is 6. The molecule has 1 unspecified atom stereocenters. The molecule has 2 heterocycles. The summed E-state index contributed by atoms with van der Waals surface area (Å²) in [7, 11) is 0. The van der Waals surface area contributed by atoms with Crippen LogP contribution in [0.4, 0.5) is 0 Å². The van der Waals surface area contributed by atoms with Gasteiger partial charge in [-0.25, -0.2) is 4.79 Å². The molecule has 0 radical (unpaired) electrons. The van der Waals surface area contributed by atoms with Gasteiger partial charge in [-0.1, -0.05) is 0 Å². The van der Waals surface area contributed by atoms with E-state index in [1.165, 1.54) is 13.8 Å². The molecule has 88 valence electrons. The van der Waals surface area contributed by atoms with Gasteiger partial charge in [-0.05, 0) is 13.8 Å². The second-order valence-corrected chi connectivity index (χ2v) is 4.04. The van der Waals surface area contributed by atoms with Gasteiger partial charge in [0.05, 0.1) is 6.61 Å². The fourth-order valence-electron chi connectivity index (χ4n) is 1.37. The first-order valence-corrected chi connectivity index (χ1v) is 4.74. The number of aliphatic hydroxyl groups is 3. The van der Waals surface area contributed by atoms with E-state index in [0.29, 0.717) is 13.0 Å². The summed E-state index contributed by atoms with van der Waals surface area (Å²) in [6, 6.07) is 0. The van der Waals surface area contributed by atoms with Crippen molar-refractivity contribution in [2.45, 2.75) is 44.4 Å². The molecular formula is C9H16O6. The van der Waals surface area contributed by atoms with Crippen molar-refractivity contribution in [1.82, 2.24) is 0 Å². The minimum absolute atomic E-state index is 0.192. The van der Waals surface area contributed by atoms with Gasteiger partial charge in [-0.3, -0.25) is 0 Å². The largest absolute Gasteiger partial charge is 0.457 e. The Kier molecular flexibility index (Phi) is 3.67. The van der Waals surface area contributed by atoms with E-state index < -0.39 is 24.0 Å². The van der Waals surface area contributed by atoms with Crippen LogP contribution in [0.25, 0.3) is 0 Å². The van der Waals surface area contributed by atoms with E-state index in [4.69, 9.17) is 24.8 Å². The van der Waals surface area contributed by atoms with Crippen LogP contribution in [0.2, 0.25) is 0 Å². The molecule has 2 fully saturated rings. The van der Waals surface area contributed by atoms with E-state index in [-0.39, 0.29) is 6.10 Å². The van der Waals surface area contributed by atoms with E-state index in [9.17, 15) is 4.79 Å². The summed E-state index contributed by atoms with van der Waals surface area (Å²) in [5, 5.41) is 25.2. The van der Waals surface area contributed by atoms with Gasteiger partial charge in [-0.15, -0.1) is 0 Å². The highest BCUT2D eigenvalue weighted by atomic mass is 16.6. The Morgan fingerprint density at radius 2 is 1.93 bits per heavy atom. The number of carbonyl (C=O) groups excluding carboxylic acids is 1. The quantitative estimate of drug-likeness (QED) is 0.349. The maximum Gasteiger partial charge on any atom is 0.338 e. The zero-order valence-corrected chi connectivity index (χ0v) is 8.71. The Morgan fingerprint density at radius 1 is 1.40 bits per heavy atom. The summed E-state index contributed by atoms with van der Waals surface area (Å²) in [4.78, 5) is 10.6. The van der Waals surface area contributed by atoms with Crippen LogP contribution in [0, 0.1) is 0 Å². The zero-order chi connectivity index (χ0) is 11.6. The molecule has 0 aromatic heterocycles. The summed E-state index contributed by atoms with van der Waals surface area (Å²) >= 11 is 0. The number of rotatable bonds is 0. The highest BCUT2D eigenvalue weighted by molar-refractivity contribution is 5.77. The van der Waals surface area contributed by atoms with Crippen LogP contribution in [0.1, 0.15) is 20.3 Å². The molecule has 6 heteroatoms. The smallest absolute Gasteiger partial charge is 0.338 e. The van der Waals surface area contributed by atoms with Crippen LogP contribution in [0.5, 0.6) is 0 Å². The summed E-state index contributed by atoms with van der Waals surface area (Å²) in [5.74, 6) is -2.05. The van der Waals surface area contributed by atoms with E-state index in [1.807, 2.05) is 0 Å². The molecular weight excluding hydrogens is 204 g/mol. The number of esters is 1. The SMILES string of the molecule is CC(C)(O)O.O=C1O[C@@H]2CCO[C@@H]2C1O. The second kappa shape index (κ2) is 4.44. The first kappa shape index (κ1) is 12.4. The Balaban J connectivity index is 0.000000195. The Labute approximate surface area is 87.4 Å². The number of carbonyl (C=O) groups is 1. The van der Waals surface area contributed by atoms with Gasteiger partial charge >= 0.3 is 5.97 Å². The standard InChI is InChI=1S/C6H8O4.C3H8O2/c7-4-5-3(1-2-9-5)10-6(4)8;1-3(2,4)5/h3-5,7H,1-2H2;4-5H,1-2H3/t3-,4?,5+;/m1./s1. The summed E-state index contributed by atoms with van der Waals surface area (Å²) in [5.41, 5.74) is 0. The van der Waals surface area contributed by atoms with Crippen molar-refractivity contribution in [3.63, 3.8) is 0 Å². The lowest BCUT2D eigenvalue weighted by molar-refractivity contribution is -0.148. The van der Waals surface area contributed by atoms with Crippen LogP contribution >= 0.6 is 0 Å². The first-order valence-electron chi connectivity index (χ1n) is 4.74. The van der Waals surface area contributed by atoms with Crippen molar-refractivity contribution in [3.05, 3.63) is 0 Å². The number of aliphatic hydroxyl groups excluding tert-OH is 1. The average Bonchev–Trinajstić information content (AvgIpc) is 2.55. The van der Waals surface area contributed by atoms with Crippen molar-refractivity contribution in [2.75, 3.05) is 6.61 Å². The summed E-state index contributed by atoms with van der Waals surface area (Å²) in [6.45, 7) is 3.18. The molecule has 2 aliphatic heterocycles. The molecule has 0 saturated carbocycles. The average molecular weight is 220 g/mol. The molecule has 0 bridgehead atoms. The second-order valence-electron chi connectivity index (χ2n) is 4.04. The van der Waals surface area contributed by atoms with Crippen LogP contribution in [-0.4, -0.2) is 52.0 Å². The number of ether oxygens (including phenoxy) is 2. The Morgan fingerprint density at radius 3 is 2.40 bits per heavy atom. The van der Waals surface area contributed by atoms with Crippen molar-refractivity contribution in [3.8, 4) is 0 Å². The Hall–Kier alpha value is -0.690. The lowest BCUT2D eigenvalue weighted by Gasteiger charge is -2.05. The zero-order valence-electron chi connectivity index (χ0n) is 8.71. The summed E-state index contributed by atoms with van der Waals surface area (Å²) in [6.07, 6.45) is -0.921. The summed E-state index contributed by atoms with van der Waals surface area (Å²) < 4.78 is 9.85. The fourth-order valence-corrected chi connectivity index (χ4v) is 1.37. The van der Waals surface area contributed by atoms with E-state index in [1.54, 1.807) is 0 Å². The molecule has 0 spiro atoms. The molecule has 0 aromatic carbocycles. The van der Waals surface area contributed by atoms with E-state index in [2.05, 4.69) is 0 Å². The van der Waals surface area contributed by atoms with E-state index >= 15 is 0 Å². The number of fused-ring (bicyclic) bond motifs is 1. The topological polar surface area (TPSA) is 96.2 Å². The van der Waals surface area contributed by atoms with Gasteiger partial charge in [0.2, 0.25) is 0 Å². The van der Waals surface area contributed by atoms with Gasteiger partial charge in [0.25, 0.3) is 0 Å². The molecule has 0 aliphatic carbocycles. The third-order valence-corrected chi connectivity index (χ3v) is 1.90. The lowest BCUT2D eigenvalue weighted by Crippen LogP contribution is -2.28. The van der Waals surface area contributed by atoms with Crippen molar-refractivity contribution in [2.24, 2.45) is 0 Å². The molecule has 15 heavy (non-hydrogen) atoms. The van der Waals surface area contributed by atoms with Crippen LogP contribution in [0.15, 0.2) is 0 Å². The van der Waals surface area contributed by atoms with Gasteiger partial charge < -0.3 is 24.8 Å². The molecule has 2 rings (SSSR count). The number of hydrogen-bond donors (Lipinski definition) is 3. The maximum atomic E-state index is 10.6. The van der Waals surface area contributed by atoms with Crippen LogP contribution < -0.4 is 0 Å². The molecule has 2 saturated heterocycles. The highest BCUT2D eigenvalue weighted by Crippen LogP contribution is 2.26. The van der Waals surface area contributed by atoms with Gasteiger partial charge in [0, 0.05) is 6.42 Å². The third-order valence-electron chi connectivity index (χ3n) is 1.90. The molecule has 3 atom stereocenters. The molecule has 6 nitrogen and oxygen atoms in total. The third kappa shape index (κ3) is 3.75. The molecule has 2 aliphatic rings. The lowest BCUT2D eigenvalue weighted by atomic mass is 10.1. The molecule has 0 amide bonds. The van der Waals surface area contributed by atoms with Crippen LogP contribution in [0.3, 0.4) is 0 Å². The predicted molar refractivity (Wildman–Crippen MR) is 48.8 cm³/mol. The van der Waals surface area contributed by atoms with E-state index in [0.717, 1.165) is 0 Å². The normalized spacial score (nSPS) is 34.2. The van der Waals surface area contributed by atoms with Gasteiger partial charge in [0.15, 0.2) is 11.9 Å². The van der Waals surface area contributed by atoms with Crippen molar-refractivity contribution < 1.29 is 29.6 Å². The van der Waals surface area contributed by atoms with Crippen molar-refractivity contribution in [1.29, 1.82) is 0 Å². The van der Waals surface area contributed by atoms with Crippen molar-refractivity contribution >= 4 is 5.97 Å². The highest BCUT2D eigenvalue weighted by Gasteiger charge is 2.47. The first-order chi connectivity index (χ1) is 6.79. The van der Waals surface area contributed by atoms with Gasteiger partial charge in [-0.2, -0.15) is 0 Å². The van der Waals surface area contributed by atoms with Crippen LogP contribution in [-0.2, 0) is 14.3 Å². The maximum absolute atomic E-state index is 10.6. The molecule has 3 N–H and O–H groups in total. The monoisotopic (exact) mass is 220 g/mol. The Bertz CT molecular complexity index is 227. The predicted octanol–water partition coefficient (Wildman–Crippen LogP) is -1.23.